The molecule has 0 heterocycles. The maximum atomic E-state index is 12.0. The Kier molecular flexibility index (Phi) is 4.96. The molecule has 5 nitrogen and oxygen atoms in total. The lowest BCUT2D eigenvalue weighted by atomic mass is 9.93. The second-order valence-electron chi connectivity index (χ2n) is 4.78. The molecule has 0 saturated carbocycles. The van der Waals surface area contributed by atoms with Crippen molar-refractivity contribution in [1.29, 1.82) is 5.26 Å². The molecule has 0 rings (SSSR count). The van der Waals surface area contributed by atoms with Crippen molar-refractivity contribution in [3.8, 4) is 6.07 Å². The quantitative estimate of drug-likeness (QED) is 0.739. The SMILES string of the molecule is CC(C)CN(CC(N)=O)C(=O)C(C)(C)C#N. The molecule has 16 heavy (non-hydrogen) atoms. The number of rotatable bonds is 5. The molecule has 0 aliphatic heterocycles. The first-order valence-corrected chi connectivity index (χ1v) is 5.19. The number of carbonyl (C=O) groups is 2. The van der Waals surface area contributed by atoms with Gasteiger partial charge in [0, 0.05) is 6.54 Å². The van der Waals surface area contributed by atoms with E-state index >= 15 is 0 Å². The van der Waals surface area contributed by atoms with Crippen molar-refractivity contribution in [2.45, 2.75) is 27.7 Å². The number of nitrogens with zero attached hydrogens (tertiary/aromatic N) is 2. The fourth-order valence-corrected chi connectivity index (χ4v) is 1.29. The molecular weight excluding hydrogens is 206 g/mol. The lowest BCUT2D eigenvalue weighted by Gasteiger charge is -2.28. The number of carbonyl (C=O) groups excluding carboxylic acids is 2. The van der Waals surface area contributed by atoms with Crippen molar-refractivity contribution < 1.29 is 9.59 Å². The third-order valence-corrected chi connectivity index (χ3v) is 2.03. The molecule has 0 saturated heterocycles. The minimum Gasteiger partial charge on any atom is -0.368 e. The molecule has 0 unspecified atom stereocenters. The summed E-state index contributed by atoms with van der Waals surface area (Å²) in [7, 11) is 0. The van der Waals surface area contributed by atoms with E-state index in [4.69, 9.17) is 11.0 Å². The molecule has 5 heteroatoms. The highest BCUT2D eigenvalue weighted by molar-refractivity contribution is 5.88. The van der Waals surface area contributed by atoms with Gasteiger partial charge in [-0.1, -0.05) is 13.8 Å². The van der Waals surface area contributed by atoms with E-state index in [1.54, 1.807) is 0 Å². The van der Waals surface area contributed by atoms with Crippen LogP contribution < -0.4 is 5.73 Å². The first-order chi connectivity index (χ1) is 7.20. The van der Waals surface area contributed by atoms with Crippen LogP contribution in [0.25, 0.3) is 0 Å². The van der Waals surface area contributed by atoms with Gasteiger partial charge in [0.15, 0.2) is 0 Å². The average Bonchev–Trinajstić information content (AvgIpc) is 2.14. The number of nitrogens with two attached hydrogens (primary N) is 1. The predicted octanol–water partition coefficient (Wildman–Crippen LogP) is 0.506. The molecule has 2 amide bonds. The van der Waals surface area contributed by atoms with Crippen molar-refractivity contribution in [3.05, 3.63) is 0 Å². The maximum Gasteiger partial charge on any atom is 0.242 e. The van der Waals surface area contributed by atoms with Gasteiger partial charge in [-0.05, 0) is 19.8 Å². The highest BCUT2D eigenvalue weighted by Gasteiger charge is 2.32. The molecule has 0 bridgehead atoms. The Hall–Kier alpha value is -1.57. The van der Waals surface area contributed by atoms with Crippen molar-refractivity contribution in [2.75, 3.05) is 13.1 Å². The smallest absolute Gasteiger partial charge is 0.242 e. The number of hydrogen-bond acceptors (Lipinski definition) is 3. The Morgan fingerprint density at radius 2 is 1.94 bits per heavy atom. The van der Waals surface area contributed by atoms with Crippen LogP contribution in [0.1, 0.15) is 27.7 Å². The van der Waals surface area contributed by atoms with Crippen molar-refractivity contribution in [3.63, 3.8) is 0 Å². The van der Waals surface area contributed by atoms with E-state index in [1.807, 2.05) is 19.9 Å². The van der Waals surface area contributed by atoms with E-state index < -0.39 is 11.3 Å². The van der Waals surface area contributed by atoms with Gasteiger partial charge < -0.3 is 10.6 Å². The zero-order valence-electron chi connectivity index (χ0n) is 10.3. The number of nitriles is 1. The fourth-order valence-electron chi connectivity index (χ4n) is 1.29. The van der Waals surface area contributed by atoms with E-state index in [1.165, 1.54) is 18.7 Å². The lowest BCUT2D eigenvalue weighted by molar-refractivity contribution is -0.141. The van der Waals surface area contributed by atoms with Crippen LogP contribution in [0.15, 0.2) is 0 Å². The van der Waals surface area contributed by atoms with Gasteiger partial charge in [0.2, 0.25) is 11.8 Å². The summed E-state index contributed by atoms with van der Waals surface area (Å²) in [5.74, 6) is -0.706. The molecule has 0 radical (unpaired) electrons. The molecule has 0 aromatic heterocycles. The van der Waals surface area contributed by atoms with Crippen molar-refractivity contribution >= 4 is 11.8 Å². The van der Waals surface area contributed by atoms with Gasteiger partial charge in [-0.3, -0.25) is 9.59 Å². The monoisotopic (exact) mass is 225 g/mol. The Morgan fingerprint density at radius 1 is 1.44 bits per heavy atom. The molecular formula is C11H19N3O2. The second-order valence-corrected chi connectivity index (χ2v) is 4.78. The molecule has 2 N–H and O–H groups in total. The first-order valence-electron chi connectivity index (χ1n) is 5.19. The van der Waals surface area contributed by atoms with Gasteiger partial charge >= 0.3 is 0 Å². The molecule has 0 aromatic rings. The molecule has 90 valence electrons. The zero-order valence-corrected chi connectivity index (χ0v) is 10.3. The van der Waals surface area contributed by atoms with Gasteiger partial charge in [0.25, 0.3) is 0 Å². The third-order valence-electron chi connectivity index (χ3n) is 2.03. The minimum atomic E-state index is -1.12. The van der Waals surface area contributed by atoms with Crippen LogP contribution in [0.4, 0.5) is 0 Å². The zero-order chi connectivity index (χ0) is 12.9. The number of primary amides is 1. The molecule has 0 aromatic carbocycles. The largest absolute Gasteiger partial charge is 0.368 e. The highest BCUT2D eigenvalue weighted by Crippen LogP contribution is 2.18. The summed E-state index contributed by atoms with van der Waals surface area (Å²) >= 11 is 0. The number of amides is 2. The van der Waals surface area contributed by atoms with E-state index in [2.05, 4.69) is 0 Å². The third kappa shape index (κ3) is 4.30. The first kappa shape index (κ1) is 14.4. The van der Waals surface area contributed by atoms with Crippen molar-refractivity contribution in [1.82, 2.24) is 4.90 Å². The maximum absolute atomic E-state index is 12.0. The Bertz CT molecular complexity index is 316. The summed E-state index contributed by atoms with van der Waals surface area (Å²) in [6.45, 7) is 7.21. The van der Waals surface area contributed by atoms with Crippen LogP contribution in [0, 0.1) is 22.7 Å². The topological polar surface area (TPSA) is 87.2 Å². The summed E-state index contributed by atoms with van der Waals surface area (Å²) in [5.41, 5.74) is 3.96. The van der Waals surface area contributed by atoms with Gasteiger partial charge in [-0.2, -0.15) is 5.26 Å². The average molecular weight is 225 g/mol. The Morgan fingerprint density at radius 3 is 2.25 bits per heavy atom. The summed E-state index contributed by atoms with van der Waals surface area (Å²) in [6.07, 6.45) is 0. The Balaban J connectivity index is 4.83. The van der Waals surface area contributed by atoms with E-state index in [9.17, 15) is 9.59 Å². The number of hydrogen-bond donors (Lipinski definition) is 1. The summed E-state index contributed by atoms with van der Waals surface area (Å²) < 4.78 is 0. The molecule has 0 aliphatic rings. The van der Waals surface area contributed by atoms with Gasteiger partial charge in [-0.15, -0.1) is 0 Å². The van der Waals surface area contributed by atoms with Gasteiger partial charge in [0.1, 0.15) is 5.41 Å². The summed E-state index contributed by atoms with van der Waals surface area (Å²) in [6, 6.07) is 1.92. The lowest BCUT2D eigenvalue weighted by Crippen LogP contribution is -2.46. The van der Waals surface area contributed by atoms with Crippen LogP contribution in [0.2, 0.25) is 0 Å². The van der Waals surface area contributed by atoms with E-state index in [-0.39, 0.29) is 18.4 Å². The van der Waals surface area contributed by atoms with Crippen LogP contribution in [0.3, 0.4) is 0 Å². The molecule has 0 fully saturated rings. The minimum absolute atomic E-state index is 0.137. The van der Waals surface area contributed by atoms with Gasteiger partial charge in [-0.25, -0.2) is 0 Å². The standard InChI is InChI=1S/C11H19N3O2/c1-8(2)5-14(6-9(13)15)10(16)11(3,4)7-12/h8H,5-6H2,1-4H3,(H2,13,15). The van der Waals surface area contributed by atoms with E-state index in [0.717, 1.165) is 0 Å². The van der Waals surface area contributed by atoms with Crippen LogP contribution >= 0.6 is 0 Å². The normalized spacial score (nSPS) is 11.0. The van der Waals surface area contributed by atoms with Crippen LogP contribution in [-0.4, -0.2) is 29.8 Å². The Labute approximate surface area is 96.2 Å². The van der Waals surface area contributed by atoms with E-state index in [0.29, 0.717) is 6.54 Å². The molecule has 0 spiro atoms. The van der Waals surface area contributed by atoms with Crippen LogP contribution in [-0.2, 0) is 9.59 Å². The molecule has 0 aliphatic carbocycles. The second kappa shape index (κ2) is 5.50. The summed E-state index contributed by atoms with van der Waals surface area (Å²) in [5, 5.41) is 8.87. The fraction of sp³-hybridized carbons (Fsp3) is 0.727. The molecule has 0 atom stereocenters. The van der Waals surface area contributed by atoms with Crippen molar-refractivity contribution in [2.24, 2.45) is 17.1 Å². The summed E-state index contributed by atoms with van der Waals surface area (Å²) in [4.78, 5) is 24.2. The predicted molar refractivity (Wildman–Crippen MR) is 60.0 cm³/mol. The highest BCUT2D eigenvalue weighted by atomic mass is 16.2. The van der Waals surface area contributed by atoms with Crippen LogP contribution in [0.5, 0.6) is 0 Å². The van der Waals surface area contributed by atoms with Gasteiger partial charge in [0.05, 0.1) is 12.6 Å².